The van der Waals surface area contributed by atoms with E-state index in [4.69, 9.17) is 0 Å². The summed E-state index contributed by atoms with van der Waals surface area (Å²) in [4.78, 5) is 11.5. The van der Waals surface area contributed by atoms with Gasteiger partial charge in [-0.25, -0.2) is 0 Å². The molecule has 2 aromatic carbocycles. The minimum atomic E-state index is -0.674. The Balaban J connectivity index is 1.54. The maximum absolute atomic E-state index is 11.5. The van der Waals surface area contributed by atoms with Crippen LogP contribution in [0.25, 0.3) is 0 Å². The summed E-state index contributed by atoms with van der Waals surface area (Å²) in [5.41, 5.74) is 2.23. The molecule has 0 bridgehead atoms. The Morgan fingerprint density at radius 2 is 1.46 bits per heavy atom. The van der Waals surface area contributed by atoms with E-state index in [1.54, 1.807) is 0 Å². The molecule has 0 fully saturated rings. The van der Waals surface area contributed by atoms with Crippen molar-refractivity contribution >= 4 is 5.97 Å². The molecule has 4 nitrogen and oxygen atoms in total. The van der Waals surface area contributed by atoms with E-state index in [2.05, 4.69) is 17.4 Å². The van der Waals surface area contributed by atoms with Crippen molar-refractivity contribution in [2.45, 2.75) is 51.0 Å². The normalized spacial score (nSPS) is 13.2. The molecule has 0 heterocycles. The van der Waals surface area contributed by atoms with Gasteiger partial charge in [0.1, 0.15) is 0 Å². The van der Waals surface area contributed by atoms with E-state index in [1.807, 2.05) is 48.5 Å². The summed E-state index contributed by atoms with van der Waals surface area (Å²) in [6.07, 6.45) is 5.80. The average molecular weight is 384 g/mol. The van der Waals surface area contributed by atoms with Crippen LogP contribution in [0.2, 0.25) is 0 Å². The van der Waals surface area contributed by atoms with E-state index < -0.39 is 12.1 Å². The zero-order chi connectivity index (χ0) is 20.0. The molecule has 3 N–H and O–H groups in total. The zero-order valence-electron chi connectivity index (χ0n) is 16.6. The van der Waals surface area contributed by atoms with Crippen LogP contribution in [0.1, 0.15) is 55.8 Å². The standard InChI is InChI=1S/C24H33NO3/c26-23(21-14-5-2-6-15-21)19-25-18-10-9-17-22(24(27)28)16-8-7-13-20-11-3-1-4-12-20/h1-6,11-12,14-15,22-23,25-26H,7-10,13,16-19H2,(H,27,28). The number of unbranched alkanes of at least 4 members (excludes halogenated alkanes) is 2. The molecule has 0 aromatic heterocycles. The highest BCUT2D eigenvalue weighted by Crippen LogP contribution is 2.18. The number of carboxylic acids is 1. The second-order valence-electron chi connectivity index (χ2n) is 7.39. The van der Waals surface area contributed by atoms with Crippen molar-refractivity contribution in [1.82, 2.24) is 5.32 Å². The molecule has 0 saturated heterocycles. The number of aliphatic carboxylic acids is 1. The minimum absolute atomic E-state index is 0.245. The highest BCUT2D eigenvalue weighted by atomic mass is 16.4. The number of aliphatic hydroxyl groups excluding tert-OH is 1. The van der Waals surface area contributed by atoms with Crippen LogP contribution in [-0.2, 0) is 11.2 Å². The lowest BCUT2D eigenvalue weighted by molar-refractivity contribution is -0.142. The smallest absolute Gasteiger partial charge is 0.306 e. The lowest BCUT2D eigenvalue weighted by Crippen LogP contribution is -2.23. The fraction of sp³-hybridized carbons (Fsp3) is 0.458. The SMILES string of the molecule is O=C(O)C(CCCCNCC(O)c1ccccc1)CCCCc1ccccc1. The molecule has 0 aliphatic heterocycles. The largest absolute Gasteiger partial charge is 0.481 e. The molecular weight excluding hydrogens is 350 g/mol. The highest BCUT2D eigenvalue weighted by molar-refractivity contribution is 5.69. The summed E-state index contributed by atoms with van der Waals surface area (Å²) < 4.78 is 0. The summed E-state index contributed by atoms with van der Waals surface area (Å²) >= 11 is 0. The van der Waals surface area contributed by atoms with Gasteiger partial charge in [-0.1, -0.05) is 73.5 Å². The molecule has 2 rings (SSSR count). The van der Waals surface area contributed by atoms with Gasteiger partial charge in [-0.05, 0) is 49.8 Å². The molecule has 0 aliphatic carbocycles. The van der Waals surface area contributed by atoms with Crippen molar-refractivity contribution in [1.29, 1.82) is 0 Å². The third kappa shape index (κ3) is 8.68. The Bertz CT molecular complexity index is 660. The Morgan fingerprint density at radius 1 is 0.857 bits per heavy atom. The van der Waals surface area contributed by atoms with Gasteiger partial charge in [-0.3, -0.25) is 4.79 Å². The predicted octanol–water partition coefficient (Wildman–Crippen LogP) is 4.59. The number of carboxylic acid groups (broad SMARTS) is 1. The second-order valence-corrected chi connectivity index (χ2v) is 7.39. The van der Waals surface area contributed by atoms with Gasteiger partial charge in [0, 0.05) is 6.54 Å². The first kappa shape index (κ1) is 22.1. The molecule has 2 unspecified atom stereocenters. The first-order chi connectivity index (χ1) is 13.7. The zero-order valence-corrected chi connectivity index (χ0v) is 16.6. The summed E-state index contributed by atoms with van der Waals surface area (Å²) in [7, 11) is 0. The summed E-state index contributed by atoms with van der Waals surface area (Å²) in [5, 5.41) is 22.8. The molecule has 0 radical (unpaired) electrons. The van der Waals surface area contributed by atoms with Crippen molar-refractivity contribution in [2.24, 2.45) is 5.92 Å². The van der Waals surface area contributed by atoms with Gasteiger partial charge in [0.25, 0.3) is 0 Å². The number of aliphatic hydroxyl groups is 1. The van der Waals surface area contributed by atoms with E-state index in [0.717, 1.165) is 57.1 Å². The summed E-state index contributed by atoms with van der Waals surface area (Å²) in [5.74, 6) is -0.919. The highest BCUT2D eigenvalue weighted by Gasteiger charge is 2.16. The monoisotopic (exact) mass is 383 g/mol. The average Bonchev–Trinajstić information content (AvgIpc) is 2.73. The van der Waals surface area contributed by atoms with Gasteiger partial charge in [0.2, 0.25) is 0 Å². The fourth-order valence-corrected chi connectivity index (χ4v) is 3.43. The van der Waals surface area contributed by atoms with E-state index in [0.29, 0.717) is 6.54 Å². The van der Waals surface area contributed by atoms with Crippen LogP contribution in [0, 0.1) is 5.92 Å². The number of hydrogen-bond donors (Lipinski definition) is 3. The van der Waals surface area contributed by atoms with Crippen LogP contribution in [0.5, 0.6) is 0 Å². The van der Waals surface area contributed by atoms with Gasteiger partial charge in [0.15, 0.2) is 0 Å². The number of benzene rings is 2. The Labute approximate surface area is 168 Å². The summed E-state index contributed by atoms with van der Waals surface area (Å²) in [6.45, 7) is 1.32. The van der Waals surface area contributed by atoms with Crippen molar-refractivity contribution in [3.05, 3.63) is 71.8 Å². The predicted molar refractivity (Wildman–Crippen MR) is 113 cm³/mol. The van der Waals surface area contributed by atoms with Crippen LogP contribution < -0.4 is 5.32 Å². The molecule has 0 spiro atoms. The fourth-order valence-electron chi connectivity index (χ4n) is 3.43. The maximum atomic E-state index is 11.5. The van der Waals surface area contributed by atoms with Crippen molar-refractivity contribution < 1.29 is 15.0 Å². The Hall–Kier alpha value is -2.17. The van der Waals surface area contributed by atoms with E-state index in [9.17, 15) is 15.0 Å². The van der Waals surface area contributed by atoms with E-state index >= 15 is 0 Å². The first-order valence-corrected chi connectivity index (χ1v) is 10.4. The van der Waals surface area contributed by atoms with Crippen LogP contribution in [0.4, 0.5) is 0 Å². The molecule has 0 aliphatic rings. The van der Waals surface area contributed by atoms with Crippen LogP contribution in [0.15, 0.2) is 60.7 Å². The molecule has 152 valence electrons. The quantitative estimate of drug-likeness (QED) is 0.417. The number of rotatable bonds is 14. The number of aryl methyl sites for hydroxylation is 1. The minimum Gasteiger partial charge on any atom is -0.481 e. The van der Waals surface area contributed by atoms with E-state index in [1.165, 1.54) is 5.56 Å². The van der Waals surface area contributed by atoms with Gasteiger partial charge < -0.3 is 15.5 Å². The number of hydrogen-bond acceptors (Lipinski definition) is 3. The Morgan fingerprint density at radius 3 is 2.11 bits per heavy atom. The number of carbonyl (C=O) groups is 1. The van der Waals surface area contributed by atoms with Crippen molar-refractivity contribution in [2.75, 3.05) is 13.1 Å². The maximum Gasteiger partial charge on any atom is 0.306 e. The molecule has 28 heavy (non-hydrogen) atoms. The third-order valence-electron chi connectivity index (χ3n) is 5.14. The molecule has 2 atom stereocenters. The first-order valence-electron chi connectivity index (χ1n) is 10.4. The second kappa shape index (κ2) is 13.1. The third-order valence-corrected chi connectivity index (χ3v) is 5.14. The van der Waals surface area contributed by atoms with Crippen LogP contribution in [0.3, 0.4) is 0 Å². The van der Waals surface area contributed by atoms with Crippen molar-refractivity contribution in [3.8, 4) is 0 Å². The van der Waals surface area contributed by atoms with Gasteiger partial charge in [-0.2, -0.15) is 0 Å². The van der Waals surface area contributed by atoms with Crippen LogP contribution >= 0.6 is 0 Å². The van der Waals surface area contributed by atoms with Gasteiger partial charge >= 0.3 is 5.97 Å². The summed E-state index contributed by atoms with van der Waals surface area (Å²) in [6, 6.07) is 20.0. The lowest BCUT2D eigenvalue weighted by Gasteiger charge is -2.14. The van der Waals surface area contributed by atoms with Crippen LogP contribution in [-0.4, -0.2) is 29.3 Å². The molecule has 0 amide bonds. The van der Waals surface area contributed by atoms with Crippen molar-refractivity contribution in [3.63, 3.8) is 0 Å². The van der Waals surface area contributed by atoms with Gasteiger partial charge in [-0.15, -0.1) is 0 Å². The Kier molecular flexibility index (Phi) is 10.3. The molecule has 0 saturated carbocycles. The molecular formula is C24H33NO3. The number of nitrogens with one attached hydrogen (secondary N) is 1. The van der Waals surface area contributed by atoms with Gasteiger partial charge in [0.05, 0.1) is 12.0 Å². The molecule has 2 aromatic rings. The lowest BCUT2D eigenvalue weighted by atomic mass is 9.95. The van der Waals surface area contributed by atoms with E-state index in [-0.39, 0.29) is 5.92 Å². The topological polar surface area (TPSA) is 69.6 Å². The molecule has 4 heteroatoms.